The molecule has 0 saturated heterocycles. The average Bonchev–Trinajstić information content (AvgIpc) is 2.92. The fraction of sp³-hybridized carbons (Fsp3) is 0.462. The summed E-state index contributed by atoms with van der Waals surface area (Å²) in [6.07, 6.45) is 9.81. The van der Waals surface area contributed by atoms with E-state index in [9.17, 15) is 0 Å². The van der Waals surface area contributed by atoms with Crippen molar-refractivity contribution in [3.05, 3.63) is 34.4 Å². The van der Waals surface area contributed by atoms with Crippen LogP contribution < -0.4 is 5.48 Å². The summed E-state index contributed by atoms with van der Waals surface area (Å²) in [6.45, 7) is 0. The number of fused-ring (bicyclic) bond motifs is 1. The van der Waals surface area contributed by atoms with Gasteiger partial charge in [-0.25, -0.2) is 0 Å². The summed E-state index contributed by atoms with van der Waals surface area (Å²) >= 11 is 0. The lowest BCUT2D eigenvalue weighted by Crippen LogP contribution is -2.25. The van der Waals surface area contributed by atoms with Gasteiger partial charge in [-0.05, 0) is 43.3 Å². The van der Waals surface area contributed by atoms with Crippen molar-refractivity contribution in [1.29, 1.82) is 5.41 Å². The zero-order valence-electron chi connectivity index (χ0n) is 9.62. The maximum atomic E-state index is 8.80. The summed E-state index contributed by atoms with van der Waals surface area (Å²) in [7, 11) is 0. The number of hydrogen-bond donors (Lipinski definition) is 3. The molecule has 0 amide bonds. The second-order valence-corrected chi connectivity index (χ2v) is 4.84. The van der Waals surface area contributed by atoms with Crippen LogP contribution in [0.4, 0.5) is 0 Å². The van der Waals surface area contributed by atoms with Crippen LogP contribution in [-0.2, 0) is 0 Å². The van der Waals surface area contributed by atoms with Crippen LogP contribution in [-0.4, -0.2) is 11.0 Å². The summed E-state index contributed by atoms with van der Waals surface area (Å²) in [5.41, 5.74) is 7.98. The Balaban J connectivity index is 0.00000108. The van der Waals surface area contributed by atoms with Crippen molar-refractivity contribution in [2.24, 2.45) is 5.92 Å². The molecule has 92 valence electrons. The van der Waals surface area contributed by atoms with Gasteiger partial charge in [0.05, 0.1) is 0 Å². The molecule has 0 saturated carbocycles. The van der Waals surface area contributed by atoms with E-state index in [1.54, 1.807) is 5.57 Å². The van der Waals surface area contributed by atoms with Crippen LogP contribution in [0.2, 0.25) is 0 Å². The molecule has 3 N–H and O–H groups in total. The van der Waals surface area contributed by atoms with Gasteiger partial charge in [0, 0.05) is 5.92 Å². The molecule has 17 heavy (non-hydrogen) atoms. The minimum absolute atomic E-state index is 0. The normalized spacial score (nSPS) is 25.6. The van der Waals surface area contributed by atoms with Gasteiger partial charge in [-0.15, -0.1) is 12.4 Å². The molecule has 0 heterocycles. The van der Waals surface area contributed by atoms with E-state index in [1.165, 1.54) is 23.1 Å². The number of hydroxylamine groups is 1. The van der Waals surface area contributed by atoms with Gasteiger partial charge in [0.25, 0.3) is 0 Å². The number of amidine groups is 1. The van der Waals surface area contributed by atoms with Gasteiger partial charge in [0.15, 0.2) is 0 Å². The Morgan fingerprint density at radius 3 is 2.82 bits per heavy atom. The quantitative estimate of drug-likeness (QED) is 0.382. The highest BCUT2D eigenvalue weighted by atomic mass is 35.5. The van der Waals surface area contributed by atoms with Gasteiger partial charge in [0.2, 0.25) is 0 Å². The van der Waals surface area contributed by atoms with Crippen LogP contribution in [0.15, 0.2) is 34.4 Å². The van der Waals surface area contributed by atoms with E-state index in [2.05, 4.69) is 12.2 Å². The van der Waals surface area contributed by atoms with Crippen molar-refractivity contribution in [3.8, 4) is 0 Å². The third-order valence-electron chi connectivity index (χ3n) is 3.98. The van der Waals surface area contributed by atoms with Crippen molar-refractivity contribution in [2.75, 3.05) is 0 Å². The molecule has 0 aromatic carbocycles. The van der Waals surface area contributed by atoms with Gasteiger partial charge in [0.1, 0.15) is 5.84 Å². The summed E-state index contributed by atoms with van der Waals surface area (Å²) in [5, 5.41) is 16.4. The molecule has 0 aromatic heterocycles. The number of hydrogen-bond acceptors (Lipinski definition) is 2. The lowest BCUT2D eigenvalue weighted by molar-refractivity contribution is 0.226. The monoisotopic (exact) mass is 252 g/mol. The van der Waals surface area contributed by atoms with Gasteiger partial charge < -0.3 is 0 Å². The van der Waals surface area contributed by atoms with Crippen molar-refractivity contribution in [2.45, 2.75) is 32.1 Å². The van der Waals surface area contributed by atoms with E-state index in [4.69, 9.17) is 10.6 Å². The molecule has 3 aliphatic rings. The molecule has 1 unspecified atom stereocenters. The molecule has 4 heteroatoms. The minimum atomic E-state index is 0. The molecule has 0 aliphatic heterocycles. The van der Waals surface area contributed by atoms with Crippen LogP contribution in [0.1, 0.15) is 32.1 Å². The zero-order chi connectivity index (χ0) is 11.1. The molecule has 0 spiro atoms. The maximum absolute atomic E-state index is 8.80. The summed E-state index contributed by atoms with van der Waals surface area (Å²) in [5.74, 6) is 0.425. The summed E-state index contributed by atoms with van der Waals surface area (Å²) in [6, 6.07) is 0. The zero-order valence-corrected chi connectivity index (χ0v) is 10.4. The number of nitrogens with one attached hydrogen (secondary N) is 2. The third kappa shape index (κ3) is 1.94. The Bertz CT molecular complexity index is 448. The largest absolute Gasteiger partial charge is 0.290 e. The van der Waals surface area contributed by atoms with Crippen LogP contribution in [0.5, 0.6) is 0 Å². The van der Waals surface area contributed by atoms with E-state index in [1.807, 2.05) is 5.48 Å². The molecular weight excluding hydrogens is 236 g/mol. The second kappa shape index (κ2) is 4.67. The van der Waals surface area contributed by atoms with Crippen LogP contribution in [0.3, 0.4) is 0 Å². The van der Waals surface area contributed by atoms with E-state index in [0.717, 1.165) is 25.7 Å². The Morgan fingerprint density at radius 1 is 1.29 bits per heavy atom. The SMILES string of the molecule is Cl.N=C(NO)C1CC2=C(C1)C1=C(CC=C1)CC2. The van der Waals surface area contributed by atoms with Crippen LogP contribution in [0.25, 0.3) is 0 Å². The van der Waals surface area contributed by atoms with Crippen molar-refractivity contribution >= 4 is 18.2 Å². The number of allylic oxidation sites excluding steroid dienone is 6. The van der Waals surface area contributed by atoms with Crippen molar-refractivity contribution in [3.63, 3.8) is 0 Å². The van der Waals surface area contributed by atoms with Crippen LogP contribution in [0, 0.1) is 11.3 Å². The molecule has 0 bridgehead atoms. The average molecular weight is 253 g/mol. The Labute approximate surface area is 107 Å². The Hall–Kier alpha value is -1.06. The first-order valence-corrected chi connectivity index (χ1v) is 5.88. The molecular formula is C13H17ClN2O. The van der Waals surface area contributed by atoms with Crippen molar-refractivity contribution < 1.29 is 5.21 Å². The predicted molar refractivity (Wildman–Crippen MR) is 69.7 cm³/mol. The Morgan fingerprint density at radius 2 is 2.06 bits per heavy atom. The standard InChI is InChI=1S/C13H16N2O.ClH/c14-13(15-16)10-6-9-5-4-8-2-1-3-11(8)12(9)7-10;/h1,3,10,16H,2,4-7H2,(H2,14,15);1H. The third-order valence-corrected chi connectivity index (χ3v) is 3.98. The lowest BCUT2D eigenvalue weighted by atomic mass is 9.89. The summed E-state index contributed by atoms with van der Waals surface area (Å²) < 4.78 is 0. The molecule has 0 radical (unpaired) electrons. The van der Waals surface area contributed by atoms with Crippen molar-refractivity contribution in [1.82, 2.24) is 5.48 Å². The molecule has 0 fully saturated rings. The van der Waals surface area contributed by atoms with Gasteiger partial charge in [-0.2, -0.15) is 0 Å². The topological polar surface area (TPSA) is 56.1 Å². The lowest BCUT2D eigenvalue weighted by Gasteiger charge is -2.16. The van der Waals surface area contributed by atoms with E-state index in [-0.39, 0.29) is 24.2 Å². The molecule has 3 rings (SSSR count). The summed E-state index contributed by atoms with van der Waals surface area (Å²) in [4.78, 5) is 0. The fourth-order valence-electron chi connectivity index (χ4n) is 3.13. The number of halogens is 1. The first-order chi connectivity index (χ1) is 7.79. The van der Waals surface area contributed by atoms with Gasteiger partial charge >= 0.3 is 0 Å². The highest BCUT2D eigenvalue weighted by molar-refractivity contribution is 5.85. The first kappa shape index (κ1) is 12.4. The van der Waals surface area contributed by atoms with E-state index >= 15 is 0 Å². The number of rotatable bonds is 1. The fourth-order valence-corrected chi connectivity index (χ4v) is 3.13. The van der Waals surface area contributed by atoms with Gasteiger partial charge in [-0.1, -0.05) is 23.3 Å². The first-order valence-electron chi connectivity index (χ1n) is 5.88. The molecule has 1 atom stereocenters. The highest BCUT2D eigenvalue weighted by Crippen LogP contribution is 2.46. The highest BCUT2D eigenvalue weighted by Gasteiger charge is 2.32. The minimum Gasteiger partial charge on any atom is -0.290 e. The smallest absolute Gasteiger partial charge is 0.121 e. The molecule has 3 nitrogen and oxygen atoms in total. The molecule has 0 aromatic rings. The Kier molecular flexibility index (Phi) is 3.40. The van der Waals surface area contributed by atoms with E-state index < -0.39 is 0 Å². The maximum Gasteiger partial charge on any atom is 0.121 e. The molecule has 3 aliphatic carbocycles. The predicted octanol–water partition coefficient (Wildman–Crippen LogP) is 3.12. The van der Waals surface area contributed by atoms with E-state index in [0.29, 0.717) is 0 Å². The van der Waals surface area contributed by atoms with Gasteiger partial charge in [-0.3, -0.25) is 16.1 Å². The van der Waals surface area contributed by atoms with Crippen LogP contribution >= 0.6 is 12.4 Å². The second-order valence-electron chi connectivity index (χ2n) is 4.84.